The predicted molar refractivity (Wildman–Crippen MR) is 68.3 cm³/mol. The van der Waals surface area contributed by atoms with Gasteiger partial charge in [0.1, 0.15) is 6.10 Å². The van der Waals surface area contributed by atoms with E-state index in [0.29, 0.717) is 13.0 Å². The maximum atomic E-state index is 12.2. The average molecular weight is 270 g/mol. The van der Waals surface area contributed by atoms with Crippen molar-refractivity contribution in [2.24, 2.45) is 5.73 Å². The molecule has 0 aromatic rings. The number of rotatable bonds is 5. The van der Waals surface area contributed by atoms with Crippen LogP contribution in [-0.4, -0.2) is 43.3 Å². The Kier molecular flexibility index (Phi) is 4.42. The van der Waals surface area contributed by atoms with Crippen molar-refractivity contribution in [3.05, 3.63) is 0 Å². The molecule has 108 valence electrons. The van der Waals surface area contributed by atoms with Gasteiger partial charge in [-0.15, -0.1) is 0 Å². The van der Waals surface area contributed by atoms with Crippen LogP contribution in [0.2, 0.25) is 0 Å². The molecule has 1 amide bonds. The van der Waals surface area contributed by atoms with E-state index in [1.807, 2.05) is 0 Å². The van der Waals surface area contributed by atoms with Crippen LogP contribution in [0.5, 0.6) is 0 Å². The number of hydrogen-bond acceptors (Lipinski definition) is 5. The Morgan fingerprint density at radius 1 is 1.42 bits per heavy atom. The van der Waals surface area contributed by atoms with Gasteiger partial charge in [-0.05, 0) is 32.1 Å². The zero-order valence-electron chi connectivity index (χ0n) is 11.3. The van der Waals surface area contributed by atoms with Gasteiger partial charge in [-0.2, -0.15) is 0 Å². The van der Waals surface area contributed by atoms with Gasteiger partial charge in [0.05, 0.1) is 25.2 Å². The number of nitrogens with two attached hydrogens (primary N) is 1. The van der Waals surface area contributed by atoms with Crippen molar-refractivity contribution >= 4 is 11.9 Å². The standard InChI is InChI=1S/C13H22N2O4/c1-18-11(16)7-13(5-2-6-13)15-12(17)10-4-3-9(8-14)19-10/h9-10H,2-8,14H2,1H3,(H,15,17)/t9-,10+/m1/s1. The first-order valence-electron chi connectivity index (χ1n) is 6.83. The Bertz CT molecular complexity index is 355. The van der Waals surface area contributed by atoms with Crippen LogP contribution in [-0.2, 0) is 19.1 Å². The molecule has 2 fully saturated rings. The van der Waals surface area contributed by atoms with Crippen molar-refractivity contribution < 1.29 is 19.1 Å². The maximum Gasteiger partial charge on any atom is 0.307 e. The van der Waals surface area contributed by atoms with Crippen molar-refractivity contribution in [3.63, 3.8) is 0 Å². The highest BCUT2D eigenvalue weighted by atomic mass is 16.5. The lowest BCUT2D eigenvalue weighted by molar-refractivity contribution is -0.145. The molecule has 19 heavy (non-hydrogen) atoms. The van der Waals surface area contributed by atoms with E-state index in [0.717, 1.165) is 25.7 Å². The van der Waals surface area contributed by atoms with Gasteiger partial charge in [-0.1, -0.05) is 0 Å². The lowest BCUT2D eigenvalue weighted by atomic mass is 9.74. The van der Waals surface area contributed by atoms with Crippen LogP contribution in [0.4, 0.5) is 0 Å². The van der Waals surface area contributed by atoms with Crippen LogP contribution >= 0.6 is 0 Å². The van der Waals surface area contributed by atoms with Gasteiger partial charge in [0, 0.05) is 6.54 Å². The fraction of sp³-hybridized carbons (Fsp3) is 0.846. The number of methoxy groups -OCH3 is 1. The molecule has 1 aliphatic heterocycles. The van der Waals surface area contributed by atoms with Crippen LogP contribution in [0, 0.1) is 0 Å². The van der Waals surface area contributed by atoms with Gasteiger partial charge >= 0.3 is 5.97 Å². The van der Waals surface area contributed by atoms with Gasteiger partial charge in [-0.25, -0.2) is 0 Å². The summed E-state index contributed by atoms with van der Waals surface area (Å²) in [5.41, 5.74) is 5.10. The van der Waals surface area contributed by atoms with Gasteiger partial charge in [-0.3, -0.25) is 9.59 Å². The molecule has 0 bridgehead atoms. The largest absolute Gasteiger partial charge is 0.469 e. The summed E-state index contributed by atoms with van der Waals surface area (Å²) in [7, 11) is 1.36. The monoisotopic (exact) mass is 270 g/mol. The molecule has 2 aliphatic rings. The summed E-state index contributed by atoms with van der Waals surface area (Å²) in [6, 6.07) is 0. The van der Waals surface area contributed by atoms with Gasteiger partial charge < -0.3 is 20.5 Å². The minimum Gasteiger partial charge on any atom is -0.469 e. The van der Waals surface area contributed by atoms with Gasteiger partial charge in [0.15, 0.2) is 0 Å². The zero-order chi connectivity index (χ0) is 13.9. The summed E-state index contributed by atoms with van der Waals surface area (Å²) in [6.45, 7) is 0.442. The Morgan fingerprint density at radius 3 is 2.63 bits per heavy atom. The Hall–Kier alpha value is -1.14. The van der Waals surface area contributed by atoms with E-state index in [1.165, 1.54) is 7.11 Å². The highest BCUT2D eigenvalue weighted by Gasteiger charge is 2.42. The summed E-state index contributed by atoms with van der Waals surface area (Å²) in [5.74, 6) is -0.410. The maximum absolute atomic E-state index is 12.2. The molecule has 1 saturated heterocycles. The summed E-state index contributed by atoms with van der Waals surface area (Å²) >= 11 is 0. The molecule has 2 rings (SSSR count). The van der Waals surface area contributed by atoms with Crippen LogP contribution < -0.4 is 11.1 Å². The van der Waals surface area contributed by atoms with E-state index in [9.17, 15) is 9.59 Å². The van der Waals surface area contributed by atoms with Crippen LogP contribution in [0.1, 0.15) is 38.5 Å². The predicted octanol–water partition coefficient (Wildman–Crippen LogP) is 0.0947. The fourth-order valence-corrected chi connectivity index (χ4v) is 2.71. The molecule has 1 aliphatic carbocycles. The Balaban J connectivity index is 1.88. The number of nitrogens with one attached hydrogen (secondary N) is 1. The van der Waals surface area contributed by atoms with Gasteiger partial charge in [0.2, 0.25) is 5.91 Å². The average Bonchev–Trinajstić information content (AvgIpc) is 2.84. The molecule has 2 atom stereocenters. The first-order chi connectivity index (χ1) is 9.08. The minimum absolute atomic E-state index is 0.0197. The van der Waals surface area contributed by atoms with E-state index in [1.54, 1.807) is 0 Å². The molecule has 0 spiro atoms. The molecule has 6 heteroatoms. The first-order valence-corrected chi connectivity index (χ1v) is 6.83. The quantitative estimate of drug-likeness (QED) is 0.691. The second-order valence-electron chi connectivity index (χ2n) is 5.44. The highest BCUT2D eigenvalue weighted by molar-refractivity contribution is 5.83. The van der Waals surface area contributed by atoms with E-state index in [4.69, 9.17) is 10.5 Å². The van der Waals surface area contributed by atoms with Crippen molar-refractivity contribution in [1.82, 2.24) is 5.32 Å². The molecule has 6 nitrogen and oxygen atoms in total. The fourth-order valence-electron chi connectivity index (χ4n) is 2.71. The van der Waals surface area contributed by atoms with Crippen LogP contribution in [0.3, 0.4) is 0 Å². The molecule has 0 radical (unpaired) electrons. The number of amides is 1. The highest BCUT2D eigenvalue weighted by Crippen LogP contribution is 2.35. The van der Waals surface area contributed by atoms with Crippen molar-refractivity contribution in [3.8, 4) is 0 Å². The molecular weight excluding hydrogens is 248 g/mol. The molecule has 3 N–H and O–H groups in total. The molecule has 1 saturated carbocycles. The van der Waals surface area contributed by atoms with Crippen molar-refractivity contribution in [2.75, 3.05) is 13.7 Å². The number of hydrogen-bond donors (Lipinski definition) is 2. The number of carbonyl (C=O) groups is 2. The normalized spacial score (nSPS) is 28.5. The van der Waals surface area contributed by atoms with E-state index < -0.39 is 11.6 Å². The third-order valence-electron chi connectivity index (χ3n) is 4.07. The Morgan fingerprint density at radius 2 is 2.16 bits per heavy atom. The Labute approximate surface area is 113 Å². The number of ether oxygens (including phenoxy) is 2. The van der Waals surface area contributed by atoms with Crippen molar-refractivity contribution in [1.29, 1.82) is 0 Å². The molecule has 1 heterocycles. The topological polar surface area (TPSA) is 90.7 Å². The molecule has 0 unspecified atom stereocenters. The lowest BCUT2D eigenvalue weighted by Crippen LogP contribution is -2.57. The van der Waals surface area contributed by atoms with E-state index >= 15 is 0 Å². The smallest absolute Gasteiger partial charge is 0.307 e. The zero-order valence-corrected chi connectivity index (χ0v) is 11.3. The van der Waals surface area contributed by atoms with E-state index in [2.05, 4.69) is 10.1 Å². The summed E-state index contributed by atoms with van der Waals surface area (Å²) in [5, 5.41) is 2.98. The molecule has 0 aromatic carbocycles. The second-order valence-corrected chi connectivity index (χ2v) is 5.44. The third kappa shape index (κ3) is 3.25. The number of carbonyl (C=O) groups excluding carboxylic acids is 2. The summed E-state index contributed by atoms with van der Waals surface area (Å²) in [6.07, 6.45) is 3.97. The molecular formula is C13H22N2O4. The molecule has 0 aromatic heterocycles. The lowest BCUT2D eigenvalue weighted by Gasteiger charge is -2.42. The van der Waals surface area contributed by atoms with Crippen LogP contribution in [0.25, 0.3) is 0 Å². The van der Waals surface area contributed by atoms with Crippen molar-refractivity contribution in [2.45, 2.75) is 56.3 Å². The van der Waals surface area contributed by atoms with E-state index in [-0.39, 0.29) is 24.4 Å². The third-order valence-corrected chi connectivity index (χ3v) is 4.07. The SMILES string of the molecule is COC(=O)CC1(NC(=O)[C@@H]2CC[C@H](CN)O2)CCC1. The summed E-state index contributed by atoms with van der Waals surface area (Å²) in [4.78, 5) is 23.6. The second kappa shape index (κ2) is 5.88. The summed E-state index contributed by atoms with van der Waals surface area (Å²) < 4.78 is 10.3. The number of esters is 1. The minimum atomic E-state index is -0.427. The van der Waals surface area contributed by atoms with Gasteiger partial charge in [0.25, 0.3) is 0 Å². The first kappa shape index (κ1) is 14.3. The van der Waals surface area contributed by atoms with Crippen LogP contribution in [0.15, 0.2) is 0 Å².